The molecule has 1 aliphatic carbocycles. The minimum Gasteiger partial charge on any atom is -0.394 e. The maximum absolute atomic E-state index is 9.11. The molecule has 21 heavy (non-hydrogen) atoms. The molecule has 0 aromatic carbocycles. The molecule has 0 saturated heterocycles. The molecular weight excluding hydrogens is 266 g/mol. The SMILES string of the molecule is CCn1nccc1CNC1CCCc2c1cnn2CCO. The lowest BCUT2D eigenvalue weighted by molar-refractivity contribution is 0.266. The minimum atomic E-state index is 0.141. The van der Waals surface area contributed by atoms with E-state index < -0.39 is 0 Å². The molecule has 0 fully saturated rings. The molecule has 1 aliphatic rings. The zero-order valence-electron chi connectivity index (χ0n) is 12.5. The predicted octanol–water partition coefficient (Wildman–Crippen LogP) is 1.26. The summed E-state index contributed by atoms with van der Waals surface area (Å²) in [6, 6.07) is 2.41. The third-order valence-electron chi connectivity index (χ3n) is 4.21. The van der Waals surface area contributed by atoms with E-state index in [2.05, 4.69) is 28.5 Å². The van der Waals surface area contributed by atoms with Gasteiger partial charge in [0.05, 0.1) is 25.0 Å². The van der Waals surface area contributed by atoms with Crippen LogP contribution in [0.2, 0.25) is 0 Å². The topological polar surface area (TPSA) is 67.9 Å². The lowest BCUT2D eigenvalue weighted by Gasteiger charge is -2.24. The third kappa shape index (κ3) is 2.87. The molecule has 2 N–H and O–H groups in total. The molecule has 0 aliphatic heterocycles. The van der Waals surface area contributed by atoms with Crippen molar-refractivity contribution < 1.29 is 5.11 Å². The summed E-state index contributed by atoms with van der Waals surface area (Å²) in [7, 11) is 0. The van der Waals surface area contributed by atoms with Gasteiger partial charge in [-0.15, -0.1) is 0 Å². The van der Waals surface area contributed by atoms with Crippen LogP contribution >= 0.6 is 0 Å². The lowest BCUT2D eigenvalue weighted by atomic mass is 9.93. The number of aliphatic hydroxyl groups excluding tert-OH is 1. The van der Waals surface area contributed by atoms with Crippen LogP contribution in [0.1, 0.15) is 42.8 Å². The number of aryl methyl sites for hydroxylation is 1. The van der Waals surface area contributed by atoms with E-state index in [4.69, 9.17) is 5.11 Å². The smallest absolute Gasteiger partial charge is 0.0644 e. The van der Waals surface area contributed by atoms with Gasteiger partial charge < -0.3 is 10.4 Å². The fourth-order valence-corrected chi connectivity index (χ4v) is 3.14. The van der Waals surface area contributed by atoms with E-state index in [0.717, 1.165) is 32.4 Å². The number of hydrogen-bond acceptors (Lipinski definition) is 4. The summed E-state index contributed by atoms with van der Waals surface area (Å²) in [5.41, 5.74) is 3.78. The normalized spacial score (nSPS) is 17.9. The molecule has 2 aromatic rings. The summed E-state index contributed by atoms with van der Waals surface area (Å²) in [6.07, 6.45) is 7.17. The molecule has 0 bridgehead atoms. The fraction of sp³-hybridized carbons (Fsp3) is 0.600. The zero-order valence-corrected chi connectivity index (χ0v) is 12.5. The molecule has 2 aromatic heterocycles. The third-order valence-corrected chi connectivity index (χ3v) is 4.21. The summed E-state index contributed by atoms with van der Waals surface area (Å²) in [4.78, 5) is 0. The number of nitrogens with one attached hydrogen (secondary N) is 1. The number of nitrogens with zero attached hydrogens (tertiary/aromatic N) is 4. The Labute approximate surface area is 124 Å². The van der Waals surface area contributed by atoms with Crippen molar-refractivity contribution in [3.05, 3.63) is 35.4 Å². The van der Waals surface area contributed by atoms with Crippen LogP contribution in [0, 0.1) is 0 Å². The van der Waals surface area contributed by atoms with Gasteiger partial charge in [-0.25, -0.2) is 0 Å². The number of rotatable bonds is 6. The number of aliphatic hydroxyl groups is 1. The maximum Gasteiger partial charge on any atom is 0.0644 e. The number of aromatic nitrogens is 4. The zero-order chi connectivity index (χ0) is 14.7. The number of hydrogen-bond donors (Lipinski definition) is 2. The van der Waals surface area contributed by atoms with Gasteiger partial charge in [-0.2, -0.15) is 10.2 Å². The van der Waals surface area contributed by atoms with E-state index in [1.807, 2.05) is 21.8 Å². The second-order valence-electron chi connectivity index (χ2n) is 5.46. The van der Waals surface area contributed by atoms with Crippen molar-refractivity contribution in [1.82, 2.24) is 24.9 Å². The first-order chi connectivity index (χ1) is 10.3. The van der Waals surface area contributed by atoms with Gasteiger partial charge in [0.25, 0.3) is 0 Å². The summed E-state index contributed by atoms with van der Waals surface area (Å²) >= 11 is 0. The van der Waals surface area contributed by atoms with Crippen molar-refractivity contribution >= 4 is 0 Å². The molecule has 6 heteroatoms. The van der Waals surface area contributed by atoms with Crippen molar-refractivity contribution in [2.24, 2.45) is 0 Å². The Bertz CT molecular complexity index is 589. The van der Waals surface area contributed by atoms with Crippen molar-refractivity contribution in [2.45, 2.75) is 51.9 Å². The maximum atomic E-state index is 9.11. The standard InChI is InChI=1S/C15H23N5O/c1-2-19-12(6-7-17-19)10-16-14-4-3-5-15-13(14)11-18-20(15)8-9-21/h6-7,11,14,16,21H,2-5,8-10H2,1H3. The molecule has 0 amide bonds. The van der Waals surface area contributed by atoms with E-state index in [9.17, 15) is 0 Å². The molecule has 0 radical (unpaired) electrons. The summed E-state index contributed by atoms with van der Waals surface area (Å²) in [5.74, 6) is 0. The quantitative estimate of drug-likeness (QED) is 0.840. The van der Waals surface area contributed by atoms with Gasteiger partial charge in [0.2, 0.25) is 0 Å². The second-order valence-corrected chi connectivity index (χ2v) is 5.46. The first kappa shape index (κ1) is 14.3. The van der Waals surface area contributed by atoms with Crippen LogP contribution in [0.3, 0.4) is 0 Å². The molecule has 1 atom stereocenters. The van der Waals surface area contributed by atoms with Gasteiger partial charge in [0.1, 0.15) is 0 Å². The molecule has 6 nitrogen and oxygen atoms in total. The van der Waals surface area contributed by atoms with Crippen molar-refractivity contribution in [3.8, 4) is 0 Å². The van der Waals surface area contributed by atoms with Gasteiger partial charge in [0, 0.05) is 36.6 Å². The Morgan fingerprint density at radius 2 is 2.29 bits per heavy atom. The van der Waals surface area contributed by atoms with Gasteiger partial charge in [0.15, 0.2) is 0 Å². The minimum absolute atomic E-state index is 0.141. The van der Waals surface area contributed by atoms with Crippen LogP contribution < -0.4 is 5.32 Å². The van der Waals surface area contributed by atoms with Crippen molar-refractivity contribution in [2.75, 3.05) is 6.61 Å². The Hall–Kier alpha value is -1.66. The lowest BCUT2D eigenvalue weighted by Crippen LogP contribution is -2.26. The highest BCUT2D eigenvalue weighted by atomic mass is 16.3. The summed E-state index contributed by atoms with van der Waals surface area (Å²) in [6.45, 7) is 4.55. The van der Waals surface area contributed by atoms with Crippen molar-refractivity contribution in [1.29, 1.82) is 0 Å². The van der Waals surface area contributed by atoms with Gasteiger partial charge >= 0.3 is 0 Å². The van der Waals surface area contributed by atoms with Crippen LogP contribution in [0.5, 0.6) is 0 Å². The van der Waals surface area contributed by atoms with Crippen LogP contribution in [-0.4, -0.2) is 31.3 Å². The highest BCUT2D eigenvalue weighted by molar-refractivity contribution is 5.25. The van der Waals surface area contributed by atoms with Crippen LogP contribution in [0.25, 0.3) is 0 Å². The molecule has 3 rings (SSSR count). The fourth-order valence-electron chi connectivity index (χ4n) is 3.14. The highest BCUT2D eigenvalue weighted by Crippen LogP contribution is 2.29. The molecule has 114 valence electrons. The molecular formula is C15H23N5O. The van der Waals surface area contributed by atoms with Gasteiger partial charge in [-0.05, 0) is 32.3 Å². The van der Waals surface area contributed by atoms with Crippen LogP contribution in [-0.2, 0) is 26.1 Å². The average molecular weight is 289 g/mol. The average Bonchev–Trinajstić information content (AvgIpc) is 3.12. The van der Waals surface area contributed by atoms with Gasteiger partial charge in [-0.3, -0.25) is 9.36 Å². The largest absolute Gasteiger partial charge is 0.394 e. The monoisotopic (exact) mass is 289 g/mol. The van der Waals surface area contributed by atoms with Crippen molar-refractivity contribution in [3.63, 3.8) is 0 Å². The molecule has 0 saturated carbocycles. The van der Waals surface area contributed by atoms with Crippen LogP contribution in [0.15, 0.2) is 18.5 Å². The summed E-state index contributed by atoms with van der Waals surface area (Å²) < 4.78 is 3.96. The Balaban J connectivity index is 1.71. The van der Waals surface area contributed by atoms with E-state index >= 15 is 0 Å². The first-order valence-electron chi connectivity index (χ1n) is 7.73. The van der Waals surface area contributed by atoms with E-state index in [1.54, 1.807) is 0 Å². The number of fused-ring (bicyclic) bond motifs is 1. The Morgan fingerprint density at radius 1 is 1.38 bits per heavy atom. The van der Waals surface area contributed by atoms with Crippen LogP contribution in [0.4, 0.5) is 0 Å². The molecule has 2 heterocycles. The van der Waals surface area contributed by atoms with E-state index in [0.29, 0.717) is 12.6 Å². The predicted molar refractivity (Wildman–Crippen MR) is 79.7 cm³/mol. The highest BCUT2D eigenvalue weighted by Gasteiger charge is 2.23. The second kappa shape index (κ2) is 6.41. The molecule has 0 spiro atoms. The van der Waals surface area contributed by atoms with E-state index in [1.165, 1.54) is 17.0 Å². The Kier molecular flexibility index (Phi) is 4.36. The first-order valence-corrected chi connectivity index (χ1v) is 7.73. The summed E-state index contributed by atoms with van der Waals surface area (Å²) in [5, 5.41) is 21.5. The molecule has 1 unspecified atom stereocenters. The Morgan fingerprint density at radius 3 is 3.10 bits per heavy atom. The van der Waals surface area contributed by atoms with E-state index in [-0.39, 0.29) is 6.61 Å². The van der Waals surface area contributed by atoms with Gasteiger partial charge in [-0.1, -0.05) is 0 Å².